The summed E-state index contributed by atoms with van der Waals surface area (Å²) >= 11 is 1.46. The number of hydrogen-bond acceptors (Lipinski definition) is 5. The summed E-state index contributed by atoms with van der Waals surface area (Å²) in [6, 6.07) is 5.57. The van der Waals surface area contributed by atoms with E-state index >= 15 is 0 Å². The Bertz CT molecular complexity index is 606. The van der Waals surface area contributed by atoms with Gasteiger partial charge in [0, 0.05) is 12.3 Å². The first-order chi connectivity index (χ1) is 9.22. The van der Waals surface area contributed by atoms with E-state index in [1.54, 1.807) is 0 Å². The van der Waals surface area contributed by atoms with Gasteiger partial charge in [-0.1, -0.05) is 0 Å². The maximum Gasteiger partial charge on any atom is 0.181 e. The molecule has 3 rings (SSSR count). The molecule has 0 radical (unpaired) electrons. The Hall–Kier alpha value is -0.980. The van der Waals surface area contributed by atoms with Crippen LogP contribution >= 0.6 is 11.3 Å². The highest BCUT2D eigenvalue weighted by atomic mass is 32.2. The maximum absolute atomic E-state index is 12.3. The van der Waals surface area contributed by atoms with Crippen molar-refractivity contribution in [3.63, 3.8) is 0 Å². The lowest BCUT2D eigenvalue weighted by Gasteiger charge is -2.21. The molecule has 1 aliphatic rings. The van der Waals surface area contributed by atoms with Gasteiger partial charge in [-0.15, -0.1) is 11.3 Å². The standard InChI is InChI=1S/C13H16N2O2S2/c14-9-4-5-11-12(7-9)18-13(15-11)19(16)8-10-3-1-2-6-17-10/h4-5,7,10H,1-3,6,8,14H2. The van der Waals surface area contributed by atoms with Gasteiger partial charge < -0.3 is 10.5 Å². The van der Waals surface area contributed by atoms with Gasteiger partial charge in [0.1, 0.15) is 0 Å². The minimum Gasteiger partial charge on any atom is -0.399 e. The van der Waals surface area contributed by atoms with Crippen LogP contribution in [0.1, 0.15) is 19.3 Å². The lowest BCUT2D eigenvalue weighted by molar-refractivity contribution is 0.0310. The Labute approximate surface area is 118 Å². The molecule has 2 unspecified atom stereocenters. The molecule has 0 amide bonds. The van der Waals surface area contributed by atoms with Crippen molar-refractivity contribution in [3.8, 4) is 0 Å². The smallest absolute Gasteiger partial charge is 0.181 e. The summed E-state index contributed by atoms with van der Waals surface area (Å²) in [6.45, 7) is 0.790. The topological polar surface area (TPSA) is 65.2 Å². The van der Waals surface area contributed by atoms with E-state index in [1.165, 1.54) is 11.3 Å². The van der Waals surface area contributed by atoms with Crippen LogP contribution in [0.2, 0.25) is 0 Å². The number of hydrogen-bond donors (Lipinski definition) is 1. The van der Waals surface area contributed by atoms with Crippen LogP contribution in [-0.2, 0) is 15.5 Å². The third-order valence-corrected chi connectivity index (χ3v) is 5.97. The van der Waals surface area contributed by atoms with Crippen molar-refractivity contribution in [2.75, 3.05) is 18.1 Å². The minimum atomic E-state index is -1.08. The fourth-order valence-electron chi connectivity index (χ4n) is 2.20. The van der Waals surface area contributed by atoms with E-state index in [4.69, 9.17) is 10.5 Å². The molecular formula is C13H16N2O2S2. The van der Waals surface area contributed by atoms with Crippen LogP contribution in [0.5, 0.6) is 0 Å². The average molecular weight is 296 g/mol. The summed E-state index contributed by atoms with van der Waals surface area (Å²) in [7, 11) is -1.08. The van der Waals surface area contributed by atoms with Gasteiger partial charge in [0.25, 0.3) is 0 Å². The van der Waals surface area contributed by atoms with E-state index in [0.29, 0.717) is 15.8 Å². The first kappa shape index (κ1) is 13.0. The molecule has 1 fully saturated rings. The first-order valence-corrected chi connectivity index (χ1v) is 8.52. The minimum absolute atomic E-state index is 0.117. The second kappa shape index (κ2) is 5.56. The zero-order chi connectivity index (χ0) is 13.2. The molecule has 6 heteroatoms. The highest BCUT2D eigenvalue weighted by Gasteiger charge is 2.19. The van der Waals surface area contributed by atoms with Crippen LogP contribution in [0.25, 0.3) is 10.2 Å². The van der Waals surface area contributed by atoms with Gasteiger partial charge in [0.2, 0.25) is 0 Å². The van der Waals surface area contributed by atoms with Crippen molar-refractivity contribution in [1.29, 1.82) is 0 Å². The molecule has 1 aliphatic heterocycles. The Morgan fingerprint density at radius 2 is 2.37 bits per heavy atom. The summed E-state index contributed by atoms with van der Waals surface area (Å²) in [4.78, 5) is 4.43. The van der Waals surface area contributed by atoms with Gasteiger partial charge in [-0.3, -0.25) is 4.21 Å². The highest BCUT2D eigenvalue weighted by Crippen LogP contribution is 2.27. The second-order valence-electron chi connectivity index (χ2n) is 4.71. The number of thiazole rings is 1. The number of ether oxygens (including phenoxy) is 1. The molecule has 1 aromatic heterocycles. The fourth-order valence-corrected chi connectivity index (χ4v) is 4.73. The van der Waals surface area contributed by atoms with Crippen molar-refractivity contribution in [3.05, 3.63) is 18.2 Å². The van der Waals surface area contributed by atoms with Crippen LogP contribution in [0.4, 0.5) is 5.69 Å². The molecule has 19 heavy (non-hydrogen) atoms. The maximum atomic E-state index is 12.3. The number of nitrogen functional groups attached to an aromatic ring is 1. The van der Waals surface area contributed by atoms with E-state index < -0.39 is 10.8 Å². The Balaban J connectivity index is 1.77. The van der Waals surface area contributed by atoms with Gasteiger partial charge >= 0.3 is 0 Å². The lowest BCUT2D eigenvalue weighted by atomic mass is 10.1. The van der Waals surface area contributed by atoms with Crippen molar-refractivity contribution >= 4 is 38.0 Å². The average Bonchev–Trinajstić information content (AvgIpc) is 2.83. The number of nitrogens with zero attached hydrogens (tertiary/aromatic N) is 1. The zero-order valence-corrected chi connectivity index (χ0v) is 12.1. The second-order valence-corrected chi connectivity index (χ2v) is 7.41. The van der Waals surface area contributed by atoms with Crippen LogP contribution in [0.15, 0.2) is 22.5 Å². The number of rotatable bonds is 3. The summed E-state index contributed by atoms with van der Waals surface area (Å²) in [5, 5.41) is 0. The third kappa shape index (κ3) is 2.96. The molecule has 0 aliphatic carbocycles. The normalized spacial score (nSPS) is 21.6. The van der Waals surface area contributed by atoms with Gasteiger partial charge in [-0.25, -0.2) is 4.98 Å². The Kier molecular flexibility index (Phi) is 3.81. The molecule has 0 bridgehead atoms. The van der Waals surface area contributed by atoms with E-state index in [9.17, 15) is 4.21 Å². The van der Waals surface area contributed by atoms with E-state index in [-0.39, 0.29) is 6.10 Å². The molecule has 0 spiro atoms. The van der Waals surface area contributed by atoms with Crippen LogP contribution in [0, 0.1) is 0 Å². The van der Waals surface area contributed by atoms with E-state index in [0.717, 1.165) is 36.1 Å². The molecule has 2 N–H and O–H groups in total. The Morgan fingerprint density at radius 1 is 1.47 bits per heavy atom. The number of anilines is 1. The molecular weight excluding hydrogens is 280 g/mol. The summed E-state index contributed by atoms with van der Waals surface area (Å²) in [5.74, 6) is 0.551. The molecule has 2 atom stereocenters. The molecule has 1 aromatic carbocycles. The molecule has 102 valence electrons. The van der Waals surface area contributed by atoms with Crippen molar-refractivity contribution < 1.29 is 8.95 Å². The summed E-state index contributed by atoms with van der Waals surface area (Å²) < 4.78 is 19.6. The molecule has 1 saturated heterocycles. The first-order valence-electron chi connectivity index (χ1n) is 6.38. The largest absolute Gasteiger partial charge is 0.399 e. The predicted octanol–water partition coefficient (Wildman–Crippen LogP) is 2.56. The SMILES string of the molecule is Nc1ccc2nc(S(=O)CC3CCCCO3)sc2c1. The van der Waals surface area contributed by atoms with Crippen molar-refractivity contribution in [2.45, 2.75) is 29.7 Å². The summed E-state index contributed by atoms with van der Waals surface area (Å²) in [5.41, 5.74) is 7.32. The molecule has 2 aromatic rings. The van der Waals surface area contributed by atoms with Gasteiger partial charge in [-0.2, -0.15) is 0 Å². The van der Waals surface area contributed by atoms with E-state index in [1.807, 2.05) is 18.2 Å². The number of benzene rings is 1. The monoisotopic (exact) mass is 296 g/mol. The number of aromatic nitrogens is 1. The van der Waals surface area contributed by atoms with Gasteiger partial charge in [-0.05, 0) is 37.5 Å². The number of fused-ring (bicyclic) bond motifs is 1. The molecule has 0 saturated carbocycles. The lowest BCUT2D eigenvalue weighted by Crippen LogP contribution is -2.25. The predicted molar refractivity (Wildman–Crippen MR) is 78.9 cm³/mol. The Morgan fingerprint density at radius 3 is 3.16 bits per heavy atom. The highest BCUT2D eigenvalue weighted by molar-refractivity contribution is 7.87. The quantitative estimate of drug-likeness (QED) is 0.884. The summed E-state index contributed by atoms with van der Waals surface area (Å²) in [6.07, 6.45) is 3.40. The fraction of sp³-hybridized carbons (Fsp3) is 0.462. The van der Waals surface area contributed by atoms with E-state index in [2.05, 4.69) is 4.98 Å². The van der Waals surface area contributed by atoms with Gasteiger partial charge in [0.15, 0.2) is 4.34 Å². The number of nitrogens with two attached hydrogens (primary N) is 1. The third-order valence-electron chi connectivity index (χ3n) is 3.20. The van der Waals surface area contributed by atoms with Crippen molar-refractivity contribution in [1.82, 2.24) is 4.98 Å². The molecule has 2 heterocycles. The van der Waals surface area contributed by atoms with Gasteiger partial charge in [0.05, 0.1) is 32.9 Å². The zero-order valence-electron chi connectivity index (χ0n) is 10.5. The van der Waals surface area contributed by atoms with Crippen LogP contribution in [-0.4, -0.2) is 27.7 Å². The van der Waals surface area contributed by atoms with Crippen molar-refractivity contribution in [2.24, 2.45) is 0 Å². The molecule has 4 nitrogen and oxygen atoms in total. The van der Waals surface area contributed by atoms with Crippen LogP contribution < -0.4 is 5.73 Å². The van der Waals surface area contributed by atoms with Crippen LogP contribution in [0.3, 0.4) is 0 Å².